The Balaban J connectivity index is 1.52. The Labute approximate surface area is 119 Å². The van der Waals surface area contributed by atoms with Crippen molar-refractivity contribution in [2.45, 2.75) is 82.7 Å². The van der Waals surface area contributed by atoms with Crippen molar-refractivity contribution in [1.82, 2.24) is 10.2 Å². The van der Waals surface area contributed by atoms with E-state index in [1.807, 2.05) is 0 Å². The van der Waals surface area contributed by atoms with Crippen molar-refractivity contribution < 1.29 is 0 Å². The Morgan fingerprint density at radius 2 is 1.84 bits per heavy atom. The van der Waals surface area contributed by atoms with E-state index in [2.05, 4.69) is 17.1 Å². The number of nitrogens with zero attached hydrogens (tertiary/aromatic N) is 1. The van der Waals surface area contributed by atoms with Gasteiger partial charge in [-0.25, -0.2) is 0 Å². The minimum absolute atomic E-state index is 0.512. The molecule has 2 aliphatic carbocycles. The fraction of sp³-hybridized carbons (Fsp3) is 1.00. The van der Waals surface area contributed by atoms with E-state index < -0.39 is 0 Å². The Hall–Kier alpha value is -0.0800. The molecule has 3 fully saturated rings. The monoisotopic (exact) mass is 264 g/mol. The van der Waals surface area contributed by atoms with Gasteiger partial charge in [0, 0.05) is 31.2 Å². The molecule has 2 nitrogen and oxygen atoms in total. The molecular formula is C17H32N2. The first-order valence-corrected chi connectivity index (χ1v) is 8.80. The number of hydrogen-bond donors (Lipinski definition) is 1. The van der Waals surface area contributed by atoms with Crippen molar-refractivity contribution in [1.29, 1.82) is 0 Å². The highest BCUT2D eigenvalue weighted by molar-refractivity contribution is 4.99. The van der Waals surface area contributed by atoms with Gasteiger partial charge in [0.05, 0.1) is 0 Å². The summed E-state index contributed by atoms with van der Waals surface area (Å²) in [6, 6.07) is 0.910. The summed E-state index contributed by atoms with van der Waals surface area (Å²) in [5.41, 5.74) is 0.512. The maximum atomic E-state index is 3.85. The second-order valence-corrected chi connectivity index (χ2v) is 7.35. The van der Waals surface area contributed by atoms with E-state index in [4.69, 9.17) is 0 Å². The highest BCUT2D eigenvalue weighted by atomic mass is 15.2. The molecule has 0 bridgehead atoms. The molecule has 0 aromatic heterocycles. The molecule has 2 heteroatoms. The van der Waals surface area contributed by atoms with Gasteiger partial charge in [-0.1, -0.05) is 32.6 Å². The van der Waals surface area contributed by atoms with Gasteiger partial charge in [0.2, 0.25) is 0 Å². The van der Waals surface area contributed by atoms with E-state index in [1.165, 1.54) is 83.8 Å². The molecule has 2 saturated carbocycles. The molecule has 0 radical (unpaired) electrons. The number of rotatable bonds is 3. The third-order valence-corrected chi connectivity index (χ3v) is 6.00. The maximum Gasteiger partial charge on any atom is 0.0309 e. The standard InChI is InChI=1S/C17H32N2/c1-2-5-15-6-8-16(9-7-15)19-13-12-18-17(14-19)10-3-4-11-17/h15-16,18H,2-14H2,1H3. The number of hydrogen-bond acceptors (Lipinski definition) is 2. The predicted octanol–water partition coefficient (Wildman–Crippen LogP) is 3.56. The van der Waals surface area contributed by atoms with E-state index in [9.17, 15) is 0 Å². The van der Waals surface area contributed by atoms with Gasteiger partial charge in [0.25, 0.3) is 0 Å². The van der Waals surface area contributed by atoms with Crippen LogP contribution in [0.2, 0.25) is 0 Å². The second-order valence-electron chi connectivity index (χ2n) is 7.35. The van der Waals surface area contributed by atoms with Crippen LogP contribution in [-0.2, 0) is 0 Å². The van der Waals surface area contributed by atoms with Crippen LogP contribution < -0.4 is 5.32 Å². The van der Waals surface area contributed by atoms with Crippen LogP contribution in [0.15, 0.2) is 0 Å². The van der Waals surface area contributed by atoms with Crippen LogP contribution in [0, 0.1) is 5.92 Å². The summed E-state index contributed by atoms with van der Waals surface area (Å²) in [6.45, 7) is 6.21. The van der Waals surface area contributed by atoms with Crippen molar-refractivity contribution in [2.75, 3.05) is 19.6 Å². The van der Waals surface area contributed by atoms with Gasteiger partial charge in [-0.3, -0.25) is 4.90 Å². The molecular weight excluding hydrogens is 232 g/mol. The zero-order valence-electron chi connectivity index (χ0n) is 12.8. The fourth-order valence-electron chi connectivity index (χ4n) is 4.89. The van der Waals surface area contributed by atoms with E-state index in [-0.39, 0.29) is 0 Å². The van der Waals surface area contributed by atoms with Crippen LogP contribution in [0.25, 0.3) is 0 Å². The third kappa shape index (κ3) is 3.16. The lowest BCUT2D eigenvalue weighted by Crippen LogP contribution is -2.61. The van der Waals surface area contributed by atoms with Gasteiger partial charge >= 0.3 is 0 Å². The second kappa shape index (κ2) is 6.13. The zero-order chi connectivity index (χ0) is 13.1. The zero-order valence-corrected chi connectivity index (χ0v) is 12.8. The summed E-state index contributed by atoms with van der Waals surface area (Å²) in [5, 5.41) is 3.85. The van der Waals surface area contributed by atoms with E-state index in [1.54, 1.807) is 0 Å². The van der Waals surface area contributed by atoms with E-state index >= 15 is 0 Å². The van der Waals surface area contributed by atoms with Crippen LogP contribution in [-0.4, -0.2) is 36.1 Å². The molecule has 1 N–H and O–H groups in total. The molecule has 0 aromatic carbocycles. The van der Waals surface area contributed by atoms with E-state index in [0.717, 1.165) is 12.0 Å². The predicted molar refractivity (Wildman–Crippen MR) is 81.4 cm³/mol. The summed E-state index contributed by atoms with van der Waals surface area (Å²) in [6.07, 6.45) is 14.5. The molecule has 3 rings (SSSR count). The molecule has 1 heterocycles. The number of piperazine rings is 1. The first-order chi connectivity index (χ1) is 9.31. The summed E-state index contributed by atoms with van der Waals surface area (Å²) in [7, 11) is 0. The average molecular weight is 264 g/mol. The summed E-state index contributed by atoms with van der Waals surface area (Å²) < 4.78 is 0. The summed E-state index contributed by atoms with van der Waals surface area (Å²) >= 11 is 0. The Morgan fingerprint density at radius 3 is 2.53 bits per heavy atom. The molecule has 3 aliphatic rings. The maximum absolute atomic E-state index is 3.85. The fourth-order valence-corrected chi connectivity index (χ4v) is 4.89. The van der Waals surface area contributed by atoms with Crippen LogP contribution in [0.5, 0.6) is 0 Å². The van der Waals surface area contributed by atoms with E-state index in [0.29, 0.717) is 5.54 Å². The van der Waals surface area contributed by atoms with Crippen molar-refractivity contribution >= 4 is 0 Å². The molecule has 0 amide bonds. The highest BCUT2D eigenvalue weighted by Gasteiger charge is 2.39. The Kier molecular flexibility index (Phi) is 4.48. The molecule has 1 spiro atoms. The van der Waals surface area contributed by atoms with Gasteiger partial charge in [0.15, 0.2) is 0 Å². The van der Waals surface area contributed by atoms with Gasteiger partial charge < -0.3 is 5.32 Å². The normalized spacial score (nSPS) is 35.8. The quantitative estimate of drug-likeness (QED) is 0.838. The lowest BCUT2D eigenvalue weighted by molar-refractivity contribution is 0.0659. The van der Waals surface area contributed by atoms with Gasteiger partial charge in [-0.15, -0.1) is 0 Å². The number of nitrogens with one attached hydrogen (secondary N) is 1. The molecule has 0 aromatic rings. The topological polar surface area (TPSA) is 15.3 Å². The van der Waals surface area contributed by atoms with Crippen LogP contribution in [0.1, 0.15) is 71.1 Å². The molecule has 19 heavy (non-hydrogen) atoms. The minimum Gasteiger partial charge on any atom is -0.309 e. The Morgan fingerprint density at radius 1 is 1.11 bits per heavy atom. The minimum atomic E-state index is 0.512. The molecule has 1 aliphatic heterocycles. The first-order valence-electron chi connectivity index (χ1n) is 8.80. The van der Waals surface area contributed by atoms with Crippen molar-refractivity contribution in [2.24, 2.45) is 5.92 Å². The molecule has 1 saturated heterocycles. The van der Waals surface area contributed by atoms with Crippen molar-refractivity contribution in [3.05, 3.63) is 0 Å². The lowest BCUT2D eigenvalue weighted by Gasteiger charge is -2.46. The van der Waals surface area contributed by atoms with Gasteiger partial charge in [-0.05, 0) is 44.4 Å². The van der Waals surface area contributed by atoms with Gasteiger partial charge in [-0.2, -0.15) is 0 Å². The van der Waals surface area contributed by atoms with Crippen molar-refractivity contribution in [3.63, 3.8) is 0 Å². The lowest BCUT2D eigenvalue weighted by atomic mass is 9.82. The van der Waals surface area contributed by atoms with Crippen LogP contribution in [0.3, 0.4) is 0 Å². The summed E-state index contributed by atoms with van der Waals surface area (Å²) in [5.74, 6) is 1.05. The SMILES string of the molecule is CCCC1CCC(N2CCNC3(CCCC3)C2)CC1. The molecule has 110 valence electrons. The van der Waals surface area contributed by atoms with Crippen molar-refractivity contribution in [3.8, 4) is 0 Å². The van der Waals surface area contributed by atoms with Crippen LogP contribution in [0.4, 0.5) is 0 Å². The molecule has 0 unspecified atom stereocenters. The van der Waals surface area contributed by atoms with Gasteiger partial charge in [0.1, 0.15) is 0 Å². The molecule has 0 atom stereocenters. The highest BCUT2D eigenvalue weighted by Crippen LogP contribution is 2.36. The average Bonchev–Trinajstić information content (AvgIpc) is 2.88. The largest absolute Gasteiger partial charge is 0.309 e. The Bertz CT molecular complexity index is 275. The van der Waals surface area contributed by atoms with Crippen LogP contribution >= 0.6 is 0 Å². The summed E-state index contributed by atoms with van der Waals surface area (Å²) in [4.78, 5) is 2.85. The smallest absolute Gasteiger partial charge is 0.0309 e. The first kappa shape index (κ1) is 13.9. The third-order valence-electron chi connectivity index (χ3n) is 6.00.